The van der Waals surface area contributed by atoms with Gasteiger partial charge in [-0.15, -0.1) is 0 Å². The largest absolute Gasteiger partial charge is 0.476 e. The summed E-state index contributed by atoms with van der Waals surface area (Å²) < 4.78 is 11.3. The number of aromatic nitrogens is 1. The van der Waals surface area contributed by atoms with E-state index in [-0.39, 0.29) is 0 Å². The summed E-state index contributed by atoms with van der Waals surface area (Å²) in [7, 11) is 0. The van der Waals surface area contributed by atoms with Crippen LogP contribution in [0.1, 0.15) is 18.4 Å². The molecule has 1 saturated carbocycles. The highest BCUT2D eigenvalue weighted by molar-refractivity contribution is 6.30. The second kappa shape index (κ2) is 6.22. The minimum absolute atomic E-state index is 0.402. The molecule has 2 aromatic rings. The Kier molecular flexibility index (Phi) is 4.15. The molecule has 0 radical (unpaired) electrons. The first-order valence-corrected chi connectivity index (χ1v) is 7.35. The molecule has 21 heavy (non-hydrogen) atoms. The van der Waals surface area contributed by atoms with Gasteiger partial charge in [-0.3, -0.25) is 0 Å². The van der Waals surface area contributed by atoms with Crippen LogP contribution in [0.25, 0.3) is 0 Å². The molecule has 1 aromatic carbocycles. The number of nitrogens with two attached hydrogens (primary N) is 1. The first kappa shape index (κ1) is 14.0. The van der Waals surface area contributed by atoms with Crippen LogP contribution in [-0.2, 0) is 6.61 Å². The van der Waals surface area contributed by atoms with Gasteiger partial charge in [0.05, 0.1) is 12.3 Å². The van der Waals surface area contributed by atoms with Crippen molar-refractivity contribution >= 4 is 17.3 Å². The summed E-state index contributed by atoms with van der Waals surface area (Å²) in [5.74, 6) is 1.60. The van der Waals surface area contributed by atoms with E-state index in [0.29, 0.717) is 41.6 Å². The predicted octanol–water partition coefficient (Wildman–Crippen LogP) is 3.69. The van der Waals surface area contributed by atoms with E-state index in [1.807, 2.05) is 24.3 Å². The number of nitrogens with zero attached hydrogens (tertiary/aromatic N) is 1. The van der Waals surface area contributed by atoms with Crippen LogP contribution in [0.4, 0.5) is 5.69 Å². The quantitative estimate of drug-likeness (QED) is 0.884. The molecule has 1 heterocycles. The fraction of sp³-hybridized carbons (Fsp3) is 0.312. The summed E-state index contributed by atoms with van der Waals surface area (Å²) in [6.45, 7) is 1.08. The summed E-state index contributed by atoms with van der Waals surface area (Å²) in [6.07, 6.45) is 2.45. The third kappa shape index (κ3) is 4.02. The van der Waals surface area contributed by atoms with Gasteiger partial charge < -0.3 is 15.2 Å². The van der Waals surface area contributed by atoms with Crippen molar-refractivity contribution in [3.63, 3.8) is 0 Å². The lowest BCUT2D eigenvalue weighted by molar-refractivity contribution is 0.267. The number of pyridine rings is 1. The molecule has 4 nitrogen and oxygen atoms in total. The van der Waals surface area contributed by atoms with Gasteiger partial charge in [0.15, 0.2) is 0 Å². The molecule has 0 bridgehead atoms. The fourth-order valence-corrected chi connectivity index (χ4v) is 2.11. The monoisotopic (exact) mass is 304 g/mol. The first-order chi connectivity index (χ1) is 10.2. The maximum absolute atomic E-state index is 5.94. The van der Waals surface area contributed by atoms with Crippen LogP contribution in [0.15, 0.2) is 36.4 Å². The maximum atomic E-state index is 5.94. The molecule has 1 fully saturated rings. The van der Waals surface area contributed by atoms with E-state index in [9.17, 15) is 0 Å². The van der Waals surface area contributed by atoms with Gasteiger partial charge in [0.2, 0.25) is 11.8 Å². The minimum Gasteiger partial charge on any atom is -0.476 e. The van der Waals surface area contributed by atoms with E-state index in [1.165, 1.54) is 12.8 Å². The van der Waals surface area contributed by atoms with Crippen molar-refractivity contribution in [1.29, 1.82) is 0 Å². The van der Waals surface area contributed by atoms with Crippen molar-refractivity contribution in [1.82, 2.24) is 4.98 Å². The zero-order valence-corrected chi connectivity index (χ0v) is 12.3. The molecule has 1 aliphatic carbocycles. The normalized spacial score (nSPS) is 14.0. The topological polar surface area (TPSA) is 57.4 Å². The van der Waals surface area contributed by atoms with Gasteiger partial charge in [-0.1, -0.05) is 23.7 Å². The van der Waals surface area contributed by atoms with E-state index < -0.39 is 0 Å². The van der Waals surface area contributed by atoms with Gasteiger partial charge in [-0.05, 0) is 42.5 Å². The smallest absolute Gasteiger partial charge is 0.240 e. The molecular formula is C16H17ClN2O2. The molecule has 5 heteroatoms. The molecule has 0 saturated heterocycles. The highest BCUT2D eigenvalue weighted by atomic mass is 35.5. The van der Waals surface area contributed by atoms with Gasteiger partial charge in [0, 0.05) is 11.1 Å². The van der Waals surface area contributed by atoms with E-state index in [0.717, 1.165) is 5.56 Å². The second-order valence-electron chi connectivity index (χ2n) is 5.22. The number of benzene rings is 1. The molecule has 0 aliphatic heterocycles. The number of hydrogen-bond acceptors (Lipinski definition) is 4. The number of halogens is 1. The van der Waals surface area contributed by atoms with Crippen molar-refractivity contribution < 1.29 is 9.47 Å². The molecule has 3 rings (SSSR count). The molecule has 0 spiro atoms. The summed E-state index contributed by atoms with van der Waals surface area (Å²) in [4.78, 5) is 4.31. The van der Waals surface area contributed by atoms with Crippen LogP contribution in [0.5, 0.6) is 11.8 Å². The Morgan fingerprint density at radius 2 is 2.05 bits per heavy atom. The Hall–Kier alpha value is -1.94. The van der Waals surface area contributed by atoms with Crippen molar-refractivity contribution in [3.05, 3.63) is 47.0 Å². The summed E-state index contributed by atoms with van der Waals surface area (Å²) >= 11 is 5.94. The Morgan fingerprint density at radius 1 is 1.19 bits per heavy atom. The number of nitrogen functional groups attached to an aromatic ring is 1. The zero-order valence-electron chi connectivity index (χ0n) is 11.6. The minimum atomic E-state index is 0.402. The van der Waals surface area contributed by atoms with Gasteiger partial charge in [0.1, 0.15) is 6.61 Å². The molecule has 1 aromatic heterocycles. The van der Waals surface area contributed by atoms with Gasteiger partial charge in [-0.25, -0.2) is 0 Å². The second-order valence-corrected chi connectivity index (χ2v) is 5.65. The number of hydrogen-bond donors (Lipinski definition) is 1. The standard InChI is InChI=1S/C16H17ClN2O2/c17-13-3-1-2-12(8-13)10-20-15-7-6-14(18)16(19-15)21-9-11-4-5-11/h1-3,6-8,11H,4-5,9-10,18H2. The average molecular weight is 305 g/mol. The summed E-state index contributed by atoms with van der Waals surface area (Å²) in [6, 6.07) is 11.0. The van der Waals surface area contributed by atoms with Crippen molar-refractivity contribution in [2.75, 3.05) is 12.3 Å². The Balaban J connectivity index is 1.63. The Bertz CT molecular complexity index is 629. The fourth-order valence-electron chi connectivity index (χ4n) is 1.90. The molecule has 1 aliphatic rings. The molecule has 0 unspecified atom stereocenters. The van der Waals surface area contributed by atoms with E-state index in [1.54, 1.807) is 12.1 Å². The van der Waals surface area contributed by atoms with Crippen LogP contribution < -0.4 is 15.2 Å². The van der Waals surface area contributed by atoms with Crippen LogP contribution in [0, 0.1) is 5.92 Å². The maximum Gasteiger partial charge on any atom is 0.240 e. The third-order valence-corrected chi connectivity index (χ3v) is 3.53. The number of ether oxygens (including phenoxy) is 2. The summed E-state index contributed by atoms with van der Waals surface area (Å²) in [5, 5.41) is 0.690. The van der Waals surface area contributed by atoms with Gasteiger partial charge in [0.25, 0.3) is 0 Å². The molecular weight excluding hydrogens is 288 g/mol. The third-order valence-electron chi connectivity index (χ3n) is 3.29. The van der Waals surface area contributed by atoms with Gasteiger partial charge >= 0.3 is 0 Å². The highest BCUT2D eigenvalue weighted by Crippen LogP contribution is 2.31. The van der Waals surface area contributed by atoms with Crippen LogP contribution in [0.3, 0.4) is 0 Å². The first-order valence-electron chi connectivity index (χ1n) is 6.97. The van der Waals surface area contributed by atoms with Crippen LogP contribution in [0.2, 0.25) is 5.02 Å². The molecule has 110 valence electrons. The van der Waals surface area contributed by atoms with E-state index in [2.05, 4.69) is 4.98 Å². The van der Waals surface area contributed by atoms with E-state index >= 15 is 0 Å². The zero-order chi connectivity index (χ0) is 14.7. The summed E-state index contributed by atoms with van der Waals surface area (Å²) in [5.41, 5.74) is 7.38. The number of anilines is 1. The van der Waals surface area contributed by atoms with Crippen LogP contribution >= 0.6 is 11.6 Å². The SMILES string of the molecule is Nc1ccc(OCc2cccc(Cl)c2)nc1OCC1CC1. The predicted molar refractivity (Wildman–Crippen MR) is 82.7 cm³/mol. The Labute approximate surface area is 128 Å². The van der Waals surface area contributed by atoms with Crippen molar-refractivity contribution in [2.45, 2.75) is 19.4 Å². The van der Waals surface area contributed by atoms with Crippen molar-refractivity contribution in [3.8, 4) is 11.8 Å². The Morgan fingerprint density at radius 3 is 2.81 bits per heavy atom. The average Bonchev–Trinajstić information content (AvgIpc) is 3.29. The van der Waals surface area contributed by atoms with Gasteiger partial charge in [-0.2, -0.15) is 4.98 Å². The lowest BCUT2D eigenvalue weighted by Gasteiger charge is -2.10. The lowest BCUT2D eigenvalue weighted by atomic mass is 10.2. The van der Waals surface area contributed by atoms with Crippen molar-refractivity contribution in [2.24, 2.45) is 5.92 Å². The van der Waals surface area contributed by atoms with Crippen LogP contribution in [-0.4, -0.2) is 11.6 Å². The molecule has 2 N–H and O–H groups in total. The molecule has 0 amide bonds. The lowest BCUT2D eigenvalue weighted by Crippen LogP contribution is -2.05. The molecule has 0 atom stereocenters. The number of rotatable bonds is 6. The highest BCUT2D eigenvalue weighted by Gasteiger charge is 2.22. The van der Waals surface area contributed by atoms with E-state index in [4.69, 9.17) is 26.8 Å².